The molecule has 0 aliphatic carbocycles. The number of benzene rings is 1. The molecule has 0 atom stereocenters. The van der Waals surface area contributed by atoms with Gasteiger partial charge in [-0.25, -0.2) is 19.9 Å². The maximum Gasteiger partial charge on any atom is 0.314 e. The van der Waals surface area contributed by atoms with E-state index in [0.29, 0.717) is 46.1 Å². The molecule has 4 aromatic rings. The second-order valence-electron chi connectivity index (χ2n) is 6.76. The van der Waals surface area contributed by atoms with Gasteiger partial charge in [-0.15, -0.1) is 0 Å². The van der Waals surface area contributed by atoms with Crippen molar-refractivity contribution in [3.05, 3.63) is 47.1 Å². The highest BCUT2D eigenvalue weighted by atomic mass is 35.5. The van der Waals surface area contributed by atoms with Crippen molar-refractivity contribution in [3.63, 3.8) is 0 Å². The molecule has 4 heterocycles. The topological polar surface area (TPSA) is 105 Å². The molecule has 29 heavy (non-hydrogen) atoms. The van der Waals surface area contributed by atoms with Crippen molar-refractivity contribution >= 4 is 62.4 Å². The first kappa shape index (κ1) is 17.6. The van der Waals surface area contributed by atoms with Gasteiger partial charge in [-0.3, -0.25) is 4.79 Å². The van der Waals surface area contributed by atoms with Gasteiger partial charge in [0.25, 0.3) is 0 Å². The molecular formula is C20H15ClN6O2. The molecule has 8 nitrogen and oxygen atoms in total. The summed E-state index contributed by atoms with van der Waals surface area (Å²) < 4.78 is 5.80. The summed E-state index contributed by atoms with van der Waals surface area (Å²) in [6.45, 7) is 4.05. The van der Waals surface area contributed by atoms with E-state index in [2.05, 4.69) is 30.6 Å². The Labute approximate surface area is 170 Å². The van der Waals surface area contributed by atoms with Crippen LogP contribution in [0.1, 0.15) is 23.3 Å². The third kappa shape index (κ3) is 3.07. The van der Waals surface area contributed by atoms with Crippen LogP contribution in [0.5, 0.6) is 0 Å². The van der Waals surface area contributed by atoms with Crippen LogP contribution in [0.15, 0.2) is 39.7 Å². The van der Waals surface area contributed by atoms with Crippen LogP contribution in [0.4, 0.5) is 17.3 Å². The lowest BCUT2D eigenvalue weighted by Gasteiger charge is -2.08. The Balaban J connectivity index is 1.61. The third-order valence-electron chi connectivity index (χ3n) is 4.59. The number of anilines is 3. The van der Waals surface area contributed by atoms with Crippen LogP contribution in [0.2, 0.25) is 5.15 Å². The van der Waals surface area contributed by atoms with Gasteiger partial charge in [0.1, 0.15) is 28.2 Å². The van der Waals surface area contributed by atoms with E-state index in [1.807, 2.05) is 18.2 Å². The molecule has 2 N–H and O–H groups in total. The maximum absolute atomic E-state index is 12.4. The standard InChI is InChI=1S/C20H15ClN6O2/c1-9-8-22-18-17-11-3-6-15(27-16-7-14(21)24-10(2)25-16)26-12(11)4-5-13(17)29-19(18)20(28)23-9/h3-7,22H,8H2,1-2H3,(H,24,25,26,27). The minimum absolute atomic E-state index is 0.220. The van der Waals surface area contributed by atoms with Gasteiger partial charge in [0.15, 0.2) is 0 Å². The van der Waals surface area contributed by atoms with E-state index >= 15 is 0 Å². The molecule has 3 aromatic heterocycles. The van der Waals surface area contributed by atoms with E-state index in [1.165, 1.54) is 0 Å². The molecule has 1 aliphatic heterocycles. The van der Waals surface area contributed by atoms with Gasteiger partial charge < -0.3 is 15.1 Å². The van der Waals surface area contributed by atoms with Crippen LogP contribution in [0, 0.1) is 6.92 Å². The van der Waals surface area contributed by atoms with Crippen LogP contribution in [-0.4, -0.2) is 33.1 Å². The number of aromatic nitrogens is 3. The number of aryl methyl sites for hydroxylation is 1. The summed E-state index contributed by atoms with van der Waals surface area (Å²) in [5, 5.41) is 8.46. The zero-order valence-corrected chi connectivity index (χ0v) is 16.3. The van der Waals surface area contributed by atoms with Gasteiger partial charge >= 0.3 is 5.91 Å². The Bertz CT molecular complexity index is 1320. The molecule has 0 bridgehead atoms. The molecule has 0 spiro atoms. The summed E-state index contributed by atoms with van der Waals surface area (Å²) in [5.41, 5.74) is 2.72. The molecule has 0 radical (unpaired) electrons. The first-order valence-electron chi connectivity index (χ1n) is 8.95. The number of halogens is 1. The molecule has 1 aromatic carbocycles. The summed E-state index contributed by atoms with van der Waals surface area (Å²) in [5.74, 6) is 1.58. The van der Waals surface area contributed by atoms with E-state index in [1.54, 1.807) is 26.0 Å². The van der Waals surface area contributed by atoms with Gasteiger partial charge in [-0.2, -0.15) is 0 Å². The van der Waals surface area contributed by atoms with Crippen molar-refractivity contribution in [3.8, 4) is 0 Å². The number of nitrogens with one attached hydrogen (secondary N) is 2. The zero-order valence-electron chi connectivity index (χ0n) is 15.6. The normalized spacial score (nSPS) is 13.8. The lowest BCUT2D eigenvalue weighted by atomic mass is 10.1. The van der Waals surface area contributed by atoms with E-state index < -0.39 is 0 Å². The summed E-state index contributed by atoms with van der Waals surface area (Å²) >= 11 is 6.00. The lowest BCUT2D eigenvalue weighted by Crippen LogP contribution is -2.08. The number of hydrogen-bond acceptors (Lipinski definition) is 7. The number of furan rings is 1. The van der Waals surface area contributed by atoms with Crippen LogP contribution in [0.3, 0.4) is 0 Å². The van der Waals surface area contributed by atoms with Crippen LogP contribution in [0.25, 0.3) is 21.9 Å². The summed E-state index contributed by atoms with van der Waals surface area (Å²) in [4.78, 5) is 29.4. The van der Waals surface area contributed by atoms with Crippen molar-refractivity contribution in [2.75, 3.05) is 17.2 Å². The van der Waals surface area contributed by atoms with Crippen LogP contribution >= 0.6 is 11.6 Å². The first-order valence-corrected chi connectivity index (χ1v) is 9.32. The highest BCUT2D eigenvalue weighted by Crippen LogP contribution is 2.37. The second kappa shape index (κ2) is 6.52. The summed E-state index contributed by atoms with van der Waals surface area (Å²) in [6.07, 6.45) is 0. The van der Waals surface area contributed by atoms with E-state index in [4.69, 9.17) is 16.0 Å². The van der Waals surface area contributed by atoms with E-state index in [-0.39, 0.29) is 11.7 Å². The summed E-state index contributed by atoms with van der Waals surface area (Å²) in [7, 11) is 0. The van der Waals surface area contributed by atoms with Gasteiger partial charge in [0.05, 0.1) is 23.1 Å². The average Bonchev–Trinajstić information content (AvgIpc) is 2.98. The molecular weight excluding hydrogens is 392 g/mol. The quantitative estimate of drug-likeness (QED) is 0.472. The number of fused-ring (bicyclic) bond motifs is 5. The van der Waals surface area contributed by atoms with E-state index in [9.17, 15) is 4.79 Å². The number of nitrogens with zero attached hydrogens (tertiary/aromatic N) is 4. The third-order valence-corrected chi connectivity index (χ3v) is 4.79. The van der Waals surface area contributed by atoms with Crippen LogP contribution in [-0.2, 0) is 0 Å². The number of carbonyl (C=O) groups excluding carboxylic acids is 1. The summed E-state index contributed by atoms with van der Waals surface area (Å²) in [6, 6.07) is 9.07. The van der Waals surface area contributed by atoms with Crippen molar-refractivity contribution in [2.45, 2.75) is 13.8 Å². The Hall–Kier alpha value is -3.52. The minimum atomic E-state index is -0.380. The fraction of sp³-hybridized carbons (Fsp3) is 0.150. The molecule has 5 rings (SSSR count). The fourth-order valence-corrected chi connectivity index (χ4v) is 3.62. The first-order chi connectivity index (χ1) is 14.0. The minimum Gasteiger partial charge on any atom is -0.449 e. The number of hydrogen-bond donors (Lipinski definition) is 2. The molecule has 1 aliphatic rings. The molecule has 0 saturated carbocycles. The Morgan fingerprint density at radius 2 is 1.97 bits per heavy atom. The predicted molar refractivity (Wildman–Crippen MR) is 113 cm³/mol. The monoisotopic (exact) mass is 406 g/mol. The highest BCUT2D eigenvalue weighted by molar-refractivity contribution is 6.29. The molecule has 1 amide bonds. The van der Waals surface area contributed by atoms with Gasteiger partial charge in [0, 0.05) is 17.2 Å². The molecule has 0 unspecified atom stereocenters. The number of pyridine rings is 1. The predicted octanol–water partition coefficient (Wildman–Crippen LogP) is 4.50. The van der Waals surface area contributed by atoms with Crippen LogP contribution < -0.4 is 10.6 Å². The molecule has 9 heteroatoms. The Kier molecular flexibility index (Phi) is 3.95. The molecule has 144 valence electrons. The van der Waals surface area contributed by atoms with E-state index in [0.717, 1.165) is 16.3 Å². The lowest BCUT2D eigenvalue weighted by molar-refractivity contribution is 0.0980. The van der Waals surface area contributed by atoms with Gasteiger partial charge in [-0.05, 0) is 38.1 Å². The van der Waals surface area contributed by atoms with Crippen molar-refractivity contribution in [2.24, 2.45) is 4.99 Å². The van der Waals surface area contributed by atoms with Gasteiger partial charge in [-0.1, -0.05) is 11.6 Å². The van der Waals surface area contributed by atoms with Gasteiger partial charge in [0.2, 0.25) is 5.76 Å². The second-order valence-corrected chi connectivity index (χ2v) is 7.15. The Morgan fingerprint density at radius 3 is 2.79 bits per heavy atom. The maximum atomic E-state index is 12.4. The molecule has 0 saturated heterocycles. The molecule has 0 fully saturated rings. The zero-order chi connectivity index (χ0) is 20.1. The van der Waals surface area contributed by atoms with Crippen molar-refractivity contribution in [1.29, 1.82) is 0 Å². The van der Waals surface area contributed by atoms with Crippen molar-refractivity contribution in [1.82, 2.24) is 15.0 Å². The number of rotatable bonds is 2. The Morgan fingerprint density at radius 1 is 1.10 bits per heavy atom. The SMILES string of the molecule is CC1=NC(=O)c2oc3ccc4nc(Nc5cc(Cl)nc(C)n5)ccc4c3c2NC1. The average molecular weight is 407 g/mol. The smallest absolute Gasteiger partial charge is 0.314 e. The number of carbonyl (C=O) groups is 1. The number of aliphatic imine (C=N–C) groups is 1. The fourth-order valence-electron chi connectivity index (χ4n) is 3.40. The largest absolute Gasteiger partial charge is 0.449 e. The number of amides is 1. The highest BCUT2D eigenvalue weighted by Gasteiger charge is 2.24. The van der Waals surface area contributed by atoms with Crippen molar-refractivity contribution < 1.29 is 9.21 Å².